The second-order valence-corrected chi connectivity index (χ2v) is 5.87. The van der Waals surface area contributed by atoms with Gasteiger partial charge in [-0.1, -0.05) is 25.5 Å². The summed E-state index contributed by atoms with van der Waals surface area (Å²) in [4.78, 5) is 26.6. The van der Waals surface area contributed by atoms with Crippen molar-refractivity contribution in [3.05, 3.63) is 45.2 Å². The SMILES string of the molecule is Cc1cc(C)c2[nH]c(=O)c(CCNC(=O)C(C)C)cc2c1. The van der Waals surface area contributed by atoms with Crippen LogP contribution >= 0.6 is 0 Å². The third-order valence-corrected chi connectivity index (χ3v) is 3.59. The van der Waals surface area contributed by atoms with Gasteiger partial charge < -0.3 is 10.3 Å². The first kappa shape index (κ1) is 15.3. The zero-order valence-corrected chi connectivity index (χ0v) is 13.0. The molecular formula is C17H22N2O2. The first-order valence-corrected chi connectivity index (χ1v) is 7.29. The second kappa shape index (κ2) is 6.12. The number of rotatable bonds is 4. The number of nitrogens with one attached hydrogen (secondary N) is 2. The predicted molar refractivity (Wildman–Crippen MR) is 85.6 cm³/mol. The Labute approximate surface area is 124 Å². The Balaban J connectivity index is 2.23. The fourth-order valence-electron chi connectivity index (χ4n) is 2.44. The maximum Gasteiger partial charge on any atom is 0.251 e. The van der Waals surface area contributed by atoms with Crippen molar-refractivity contribution in [2.75, 3.05) is 6.54 Å². The number of aromatic nitrogens is 1. The molecule has 1 aromatic heterocycles. The molecule has 0 bridgehead atoms. The summed E-state index contributed by atoms with van der Waals surface area (Å²) in [6.07, 6.45) is 0.538. The van der Waals surface area contributed by atoms with E-state index in [4.69, 9.17) is 0 Å². The highest BCUT2D eigenvalue weighted by Gasteiger charge is 2.08. The van der Waals surface area contributed by atoms with Crippen LogP contribution in [0, 0.1) is 19.8 Å². The first-order chi connectivity index (χ1) is 9.88. The Bertz CT molecular complexity index is 729. The number of carbonyl (C=O) groups is 1. The summed E-state index contributed by atoms with van der Waals surface area (Å²) in [5, 5.41) is 3.88. The summed E-state index contributed by atoms with van der Waals surface area (Å²) in [5.74, 6) is -0.0240. The molecule has 0 radical (unpaired) electrons. The summed E-state index contributed by atoms with van der Waals surface area (Å²) in [6.45, 7) is 8.22. The van der Waals surface area contributed by atoms with Gasteiger partial charge in [-0.25, -0.2) is 0 Å². The Morgan fingerprint density at radius 1 is 1.24 bits per heavy atom. The molecule has 0 unspecified atom stereocenters. The van der Waals surface area contributed by atoms with Gasteiger partial charge in [0.2, 0.25) is 5.91 Å². The smallest absolute Gasteiger partial charge is 0.251 e. The zero-order valence-electron chi connectivity index (χ0n) is 13.0. The van der Waals surface area contributed by atoms with Crippen LogP contribution in [-0.2, 0) is 11.2 Å². The van der Waals surface area contributed by atoms with E-state index in [9.17, 15) is 9.59 Å². The van der Waals surface area contributed by atoms with E-state index in [1.54, 1.807) is 0 Å². The number of aryl methyl sites for hydroxylation is 2. The normalized spacial score (nSPS) is 11.1. The summed E-state index contributed by atoms with van der Waals surface area (Å²) < 4.78 is 0. The molecule has 0 aliphatic rings. The minimum absolute atomic E-state index is 0.0129. The molecule has 2 rings (SSSR count). The predicted octanol–water partition coefficient (Wildman–Crippen LogP) is 2.46. The number of benzene rings is 1. The number of fused-ring (bicyclic) bond motifs is 1. The molecule has 0 atom stereocenters. The third kappa shape index (κ3) is 3.51. The van der Waals surface area contributed by atoms with Gasteiger partial charge in [0.05, 0.1) is 5.52 Å². The number of hydrogen-bond acceptors (Lipinski definition) is 2. The van der Waals surface area contributed by atoms with Gasteiger partial charge in [0.1, 0.15) is 0 Å². The van der Waals surface area contributed by atoms with E-state index in [1.165, 1.54) is 5.56 Å². The fourth-order valence-corrected chi connectivity index (χ4v) is 2.44. The number of carbonyl (C=O) groups excluding carboxylic acids is 1. The molecule has 2 N–H and O–H groups in total. The Hall–Kier alpha value is -2.10. The Kier molecular flexibility index (Phi) is 4.46. The van der Waals surface area contributed by atoms with E-state index in [-0.39, 0.29) is 17.4 Å². The number of amides is 1. The molecule has 4 nitrogen and oxygen atoms in total. The average molecular weight is 286 g/mol. The molecule has 0 spiro atoms. The summed E-state index contributed by atoms with van der Waals surface area (Å²) in [5.41, 5.74) is 3.76. The maximum atomic E-state index is 12.1. The lowest BCUT2D eigenvalue weighted by Gasteiger charge is -2.09. The van der Waals surface area contributed by atoms with E-state index in [2.05, 4.69) is 22.4 Å². The molecule has 21 heavy (non-hydrogen) atoms. The van der Waals surface area contributed by atoms with E-state index < -0.39 is 0 Å². The lowest BCUT2D eigenvalue weighted by Crippen LogP contribution is -2.30. The number of hydrogen-bond donors (Lipinski definition) is 2. The molecule has 0 saturated carbocycles. The summed E-state index contributed by atoms with van der Waals surface area (Å²) in [7, 11) is 0. The number of pyridine rings is 1. The van der Waals surface area contributed by atoms with Crippen LogP contribution < -0.4 is 10.9 Å². The van der Waals surface area contributed by atoms with Crippen molar-refractivity contribution in [3.8, 4) is 0 Å². The molecule has 112 valence electrons. The van der Waals surface area contributed by atoms with Crippen LogP contribution in [0.25, 0.3) is 10.9 Å². The van der Waals surface area contributed by atoms with Gasteiger partial charge in [-0.05, 0) is 43.4 Å². The van der Waals surface area contributed by atoms with E-state index in [0.29, 0.717) is 18.5 Å². The molecule has 0 fully saturated rings. The minimum atomic E-state index is -0.0757. The first-order valence-electron chi connectivity index (χ1n) is 7.29. The van der Waals surface area contributed by atoms with Crippen molar-refractivity contribution >= 4 is 16.8 Å². The van der Waals surface area contributed by atoms with Crippen LogP contribution in [0.1, 0.15) is 30.5 Å². The van der Waals surface area contributed by atoms with Crippen molar-refractivity contribution in [2.45, 2.75) is 34.1 Å². The van der Waals surface area contributed by atoms with Crippen molar-refractivity contribution in [1.82, 2.24) is 10.3 Å². The van der Waals surface area contributed by atoms with Crippen molar-refractivity contribution in [1.29, 1.82) is 0 Å². The van der Waals surface area contributed by atoms with Gasteiger partial charge in [-0.15, -0.1) is 0 Å². The molecule has 1 heterocycles. The van der Waals surface area contributed by atoms with Crippen LogP contribution in [0.3, 0.4) is 0 Å². The highest BCUT2D eigenvalue weighted by molar-refractivity contribution is 5.83. The average Bonchev–Trinajstić information content (AvgIpc) is 2.40. The number of H-pyrrole nitrogens is 1. The largest absolute Gasteiger partial charge is 0.356 e. The van der Waals surface area contributed by atoms with Crippen molar-refractivity contribution in [2.24, 2.45) is 5.92 Å². The molecular weight excluding hydrogens is 264 g/mol. The van der Waals surface area contributed by atoms with Crippen LogP contribution in [0.15, 0.2) is 23.0 Å². The van der Waals surface area contributed by atoms with E-state index in [1.807, 2.05) is 33.8 Å². The van der Waals surface area contributed by atoms with Crippen molar-refractivity contribution in [3.63, 3.8) is 0 Å². The molecule has 2 aromatic rings. The Morgan fingerprint density at radius 2 is 1.95 bits per heavy atom. The highest BCUT2D eigenvalue weighted by Crippen LogP contribution is 2.18. The molecule has 1 amide bonds. The summed E-state index contributed by atoms with van der Waals surface area (Å²) >= 11 is 0. The van der Waals surface area contributed by atoms with Crippen LogP contribution in [0.4, 0.5) is 0 Å². The molecule has 4 heteroatoms. The van der Waals surface area contributed by atoms with Gasteiger partial charge >= 0.3 is 0 Å². The van der Waals surface area contributed by atoms with Gasteiger partial charge in [-0.3, -0.25) is 9.59 Å². The van der Waals surface area contributed by atoms with Crippen LogP contribution in [-0.4, -0.2) is 17.4 Å². The molecule has 0 aliphatic heterocycles. The molecule has 0 aliphatic carbocycles. The highest BCUT2D eigenvalue weighted by atomic mass is 16.1. The van der Waals surface area contributed by atoms with E-state index >= 15 is 0 Å². The topological polar surface area (TPSA) is 62.0 Å². The maximum absolute atomic E-state index is 12.1. The van der Waals surface area contributed by atoms with Crippen LogP contribution in [0.2, 0.25) is 0 Å². The lowest BCUT2D eigenvalue weighted by molar-refractivity contribution is -0.123. The lowest BCUT2D eigenvalue weighted by atomic mass is 10.0. The molecule has 1 aromatic carbocycles. The van der Waals surface area contributed by atoms with Gasteiger partial charge in [0.15, 0.2) is 0 Å². The van der Waals surface area contributed by atoms with Crippen molar-refractivity contribution < 1.29 is 4.79 Å². The van der Waals surface area contributed by atoms with E-state index in [0.717, 1.165) is 16.5 Å². The quantitative estimate of drug-likeness (QED) is 0.907. The summed E-state index contributed by atoms with van der Waals surface area (Å²) in [6, 6.07) is 6.05. The number of aromatic amines is 1. The minimum Gasteiger partial charge on any atom is -0.356 e. The van der Waals surface area contributed by atoms with Gasteiger partial charge in [0, 0.05) is 18.0 Å². The third-order valence-electron chi connectivity index (χ3n) is 3.59. The van der Waals surface area contributed by atoms with Crippen LogP contribution in [0.5, 0.6) is 0 Å². The van der Waals surface area contributed by atoms with Gasteiger partial charge in [-0.2, -0.15) is 0 Å². The molecule has 0 saturated heterocycles. The van der Waals surface area contributed by atoms with Gasteiger partial charge in [0.25, 0.3) is 5.56 Å². The second-order valence-electron chi connectivity index (χ2n) is 5.87. The zero-order chi connectivity index (χ0) is 15.6. The monoisotopic (exact) mass is 286 g/mol. The fraction of sp³-hybridized carbons (Fsp3) is 0.412. The Morgan fingerprint density at radius 3 is 2.62 bits per heavy atom. The standard InChI is InChI=1S/C17H22N2O2/c1-10(2)16(20)18-6-5-13-9-14-8-11(3)7-12(4)15(14)19-17(13)21/h7-10H,5-6H2,1-4H3,(H,18,20)(H,19,21).